The summed E-state index contributed by atoms with van der Waals surface area (Å²) in [5.74, 6) is -0.291. The highest BCUT2D eigenvalue weighted by Crippen LogP contribution is 2.38. The summed E-state index contributed by atoms with van der Waals surface area (Å²) in [6.07, 6.45) is 0. The molecule has 2 amide bonds. The minimum Gasteiger partial charge on any atom is -0.322 e. The Morgan fingerprint density at radius 1 is 0.775 bits per heavy atom. The number of nitrogens with zero attached hydrogens (tertiary/aromatic N) is 1. The molecule has 2 N–H and O–H groups in total. The zero-order valence-corrected chi connectivity index (χ0v) is 24.1. The number of rotatable bonds is 8. The largest absolute Gasteiger partial charge is 0.322 e. The van der Waals surface area contributed by atoms with E-state index in [0.717, 1.165) is 32.2 Å². The van der Waals surface area contributed by atoms with Gasteiger partial charge in [0, 0.05) is 26.6 Å². The van der Waals surface area contributed by atoms with Crippen LogP contribution in [-0.2, 0) is 4.79 Å². The van der Waals surface area contributed by atoms with Gasteiger partial charge in [0.1, 0.15) is 5.25 Å². The van der Waals surface area contributed by atoms with Crippen LogP contribution in [0, 0.1) is 20.8 Å². The molecule has 200 valence electrons. The lowest BCUT2D eigenvalue weighted by atomic mass is 10.1. The number of hydrogen-bond acceptors (Lipinski definition) is 5. The lowest BCUT2D eigenvalue weighted by Crippen LogP contribution is -2.19. The summed E-state index contributed by atoms with van der Waals surface area (Å²) in [5, 5.41) is 6.10. The number of benzene rings is 4. The first kappa shape index (κ1) is 27.4. The highest BCUT2D eigenvalue weighted by molar-refractivity contribution is 8.00. The fraction of sp³-hybridized carbons (Fsp3) is 0.121. The zero-order chi connectivity index (χ0) is 28.1. The minimum absolute atomic E-state index is 0.141. The number of amides is 2. The summed E-state index contributed by atoms with van der Waals surface area (Å²) in [6.45, 7) is 5.99. The molecule has 0 bridgehead atoms. The monoisotopic (exact) mass is 563 g/mol. The lowest BCUT2D eigenvalue weighted by Gasteiger charge is -2.16. The van der Waals surface area contributed by atoms with Gasteiger partial charge in [-0.15, -0.1) is 23.1 Å². The van der Waals surface area contributed by atoms with E-state index in [2.05, 4.69) is 41.8 Å². The van der Waals surface area contributed by atoms with Gasteiger partial charge >= 0.3 is 0 Å². The van der Waals surface area contributed by atoms with Crippen LogP contribution in [0.2, 0.25) is 0 Å². The summed E-state index contributed by atoms with van der Waals surface area (Å²) in [6, 6.07) is 33.0. The summed E-state index contributed by atoms with van der Waals surface area (Å²) in [7, 11) is 0. The Morgan fingerprint density at radius 2 is 1.45 bits per heavy atom. The number of aromatic nitrogens is 1. The normalized spacial score (nSPS) is 11.6. The van der Waals surface area contributed by atoms with Crippen LogP contribution in [0.1, 0.15) is 37.2 Å². The number of nitrogens with one attached hydrogen (secondary N) is 2. The summed E-state index contributed by atoms with van der Waals surface area (Å²) < 4.78 is 0. The van der Waals surface area contributed by atoms with Crippen molar-refractivity contribution in [3.63, 3.8) is 0 Å². The number of carbonyl (C=O) groups is 2. The molecule has 0 saturated carbocycles. The molecule has 0 fully saturated rings. The van der Waals surface area contributed by atoms with E-state index < -0.39 is 5.25 Å². The summed E-state index contributed by atoms with van der Waals surface area (Å²) in [4.78, 5) is 33.0. The van der Waals surface area contributed by atoms with Gasteiger partial charge in [-0.3, -0.25) is 9.59 Å². The van der Waals surface area contributed by atoms with Gasteiger partial charge < -0.3 is 10.6 Å². The smallest absolute Gasteiger partial charge is 0.255 e. The average Bonchev–Trinajstić information content (AvgIpc) is 3.33. The van der Waals surface area contributed by atoms with Crippen molar-refractivity contribution >= 4 is 45.7 Å². The van der Waals surface area contributed by atoms with Crippen molar-refractivity contribution in [2.45, 2.75) is 30.9 Å². The van der Waals surface area contributed by atoms with Gasteiger partial charge in [0.25, 0.3) is 5.91 Å². The highest BCUT2D eigenvalue weighted by Gasteiger charge is 2.24. The van der Waals surface area contributed by atoms with E-state index in [4.69, 9.17) is 4.98 Å². The number of carbonyl (C=O) groups excluding carboxylic acids is 2. The van der Waals surface area contributed by atoms with Gasteiger partial charge in [0.15, 0.2) is 5.13 Å². The van der Waals surface area contributed by atoms with Gasteiger partial charge in [-0.05, 0) is 62.2 Å². The van der Waals surface area contributed by atoms with Crippen molar-refractivity contribution in [2.75, 3.05) is 10.6 Å². The predicted octanol–water partition coefficient (Wildman–Crippen LogP) is 8.46. The fourth-order valence-corrected chi connectivity index (χ4v) is 6.14. The van der Waals surface area contributed by atoms with Crippen LogP contribution < -0.4 is 10.6 Å². The van der Waals surface area contributed by atoms with E-state index in [1.807, 2.05) is 92.7 Å². The Hall–Kier alpha value is -4.20. The minimum atomic E-state index is -0.486. The third-order valence-electron chi connectivity index (χ3n) is 6.45. The Bertz CT molecular complexity index is 1630. The predicted molar refractivity (Wildman–Crippen MR) is 166 cm³/mol. The molecular weight excluding hydrogens is 535 g/mol. The molecular formula is C33H29N3O2S2. The van der Waals surface area contributed by atoms with E-state index in [1.54, 1.807) is 0 Å². The molecule has 4 aromatic carbocycles. The van der Waals surface area contributed by atoms with E-state index in [-0.39, 0.29) is 11.8 Å². The second kappa shape index (κ2) is 12.3. The molecule has 5 nitrogen and oxygen atoms in total. The fourth-order valence-electron chi connectivity index (χ4n) is 4.28. The Morgan fingerprint density at radius 3 is 2.15 bits per heavy atom. The molecule has 1 atom stereocenters. The van der Waals surface area contributed by atoms with E-state index >= 15 is 0 Å². The van der Waals surface area contributed by atoms with Crippen LogP contribution >= 0.6 is 23.1 Å². The number of anilines is 2. The van der Waals surface area contributed by atoms with Crippen molar-refractivity contribution in [3.05, 3.63) is 130 Å². The third kappa shape index (κ3) is 6.50. The maximum Gasteiger partial charge on any atom is 0.255 e. The Balaban J connectivity index is 1.32. The molecule has 1 unspecified atom stereocenters. The summed E-state index contributed by atoms with van der Waals surface area (Å²) in [5.41, 5.74) is 6.26. The van der Waals surface area contributed by atoms with Crippen LogP contribution in [0.5, 0.6) is 0 Å². The molecule has 0 aliphatic heterocycles. The zero-order valence-electron chi connectivity index (χ0n) is 22.5. The molecule has 0 saturated heterocycles. The van der Waals surface area contributed by atoms with Crippen molar-refractivity contribution in [3.8, 4) is 11.3 Å². The van der Waals surface area contributed by atoms with Crippen LogP contribution in [0.3, 0.4) is 0 Å². The van der Waals surface area contributed by atoms with Gasteiger partial charge in [-0.2, -0.15) is 0 Å². The molecule has 1 aromatic heterocycles. The molecule has 0 radical (unpaired) electrons. The molecule has 1 heterocycles. The Labute approximate surface area is 242 Å². The van der Waals surface area contributed by atoms with E-state index in [9.17, 15) is 9.59 Å². The van der Waals surface area contributed by atoms with E-state index in [0.29, 0.717) is 16.4 Å². The third-order valence-corrected chi connectivity index (χ3v) is 8.60. The molecule has 5 aromatic rings. The maximum absolute atomic E-state index is 13.6. The standard InChI is InChI=1S/C33H29N3O2S2/c1-21-13-15-24(16-14-21)29-23(3)39-33(35-29)36-32(38)30(25-10-5-4-6-11-25)40-27-19-17-26(18-20-27)34-31(37)28-12-8-7-9-22(28)2/h4-20,30H,1-3H3,(H,34,37)(H,35,36,38). The molecule has 0 aliphatic carbocycles. The first-order chi connectivity index (χ1) is 19.4. The number of thioether (sulfide) groups is 1. The Kier molecular flexibility index (Phi) is 8.43. The van der Waals surface area contributed by atoms with Crippen molar-refractivity contribution < 1.29 is 9.59 Å². The molecule has 7 heteroatoms. The highest BCUT2D eigenvalue weighted by atomic mass is 32.2. The van der Waals surface area contributed by atoms with Crippen LogP contribution in [0.15, 0.2) is 108 Å². The van der Waals surface area contributed by atoms with Crippen molar-refractivity contribution in [1.82, 2.24) is 4.98 Å². The van der Waals surface area contributed by atoms with Crippen molar-refractivity contribution in [1.29, 1.82) is 0 Å². The second-order valence-corrected chi connectivity index (χ2v) is 11.9. The van der Waals surface area contributed by atoms with Gasteiger partial charge in [0.2, 0.25) is 5.91 Å². The van der Waals surface area contributed by atoms with Gasteiger partial charge in [0.05, 0.1) is 5.69 Å². The molecule has 5 rings (SSSR count). The van der Waals surface area contributed by atoms with Crippen molar-refractivity contribution in [2.24, 2.45) is 0 Å². The quantitative estimate of drug-likeness (QED) is 0.186. The first-order valence-electron chi connectivity index (χ1n) is 12.9. The lowest BCUT2D eigenvalue weighted by molar-refractivity contribution is -0.115. The van der Waals surface area contributed by atoms with E-state index in [1.165, 1.54) is 28.7 Å². The van der Waals surface area contributed by atoms with Gasteiger partial charge in [-0.25, -0.2) is 4.98 Å². The SMILES string of the molecule is Cc1ccc(-c2nc(NC(=O)C(Sc3ccc(NC(=O)c4ccccc4C)cc3)c3ccccc3)sc2C)cc1. The van der Waals surface area contributed by atoms with Crippen LogP contribution in [0.4, 0.5) is 10.8 Å². The molecule has 0 aliphatic rings. The molecule has 0 spiro atoms. The molecule has 40 heavy (non-hydrogen) atoms. The number of thiazole rings is 1. The second-order valence-electron chi connectivity index (χ2n) is 9.48. The maximum atomic E-state index is 13.6. The topological polar surface area (TPSA) is 71.1 Å². The van der Waals surface area contributed by atoms with Crippen LogP contribution in [0.25, 0.3) is 11.3 Å². The first-order valence-corrected chi connectivity index (χ1v) is 14.6. The number of aryl methyl sites for hydroxylation is 3. The van der Waals surface area contributed by atoms with Gasteiger partial charge in [-0.1, -0.05) is 78.4 Å². The number of hydrogen-bond donors (Lipinski definition) is 2. The van der Waals surface area contributed by atoms with Crippen LogP contribution in [-0.4, -0.2) is 16.8 Å². The average molecular weight is 564 g/mol. The summed E-state index contributed by atoms with van der Waals surface area (Å²) >= 11 is 2.93.